The Labute approximate surface area is 133 Å². The van der Waals surface area contributed by atoms with E-state index in [-0.39, 0.29) is 11.1 Å². The summed E-state index contributed by atoms with van der Waals surface area (Å²) >= 11 is 12.8. The van der Waals surface area contributed by atoms with Crippen LogP contribution in [0.5, 0.6) is 0 Å². The molecule has 2 aromatic rings. The maximum Gasteiger partial charge on any atom is 0.141 e. The fourth-order valence-corrected chi connectivity index (χ4v) is 3.04. The van der Waals surface area contributed by atoms with Crippen LogP contribution >= 0.6 is 43.5 Å². The van der Waals surface area contributed by atoms with Gasteiger partial charge >= 0.3 is 0 Å². The number of nitrogens with two attached hydrogens (primary N) is 1. The lowest BCUT2D eigenvalue weighted by molar-refractivity contribution is 0.627. The van der Waals surface area contributed by atoms with Crippen molar-refractivity contribution in [1.82, 2.24) is 0 Å². The molecule has 0 saturated carbocycles. The van der Waals surface area contributed by atoms with Gasteiger partial charge in [0.15, 0.2) is 0 Å². The first kappa shape index (κ1) is 15.0. The van der Waals surface area contributed by atoms with Crippen LogP contribution in [-0.4, -0.2) is 0 Å². The minimum atomic E-state index is -0.443. The Morgan fingerprint density at radius 2 is 1.84 bits per heavy atom. The minimum Gasteiger partial charge on any atom is -0.320 e. The van der Waals surface area contributed by atoms with Crippen molar-refractivity contribution in [2.75, 3.05) is 0 Å². The smallest absolute Gasteiger partial charge is 0.141 e. The van der Waals surface area contributed by atoms with Crippen LogP contribution in [0.15, 0.2) is 39.3 Å². The number of halogens is 4. The Bertz CT molecular complexity index is 631. The Hall–Kier alpha value is -0.420. The Kier molecular flexibility index (Phi) is 4.66. The van der Waals surface area contributed by atoms with E-state index in [1.807, 2.05) is 19.1 Å². The van der Waals surface area contributed by atoms with Crippen molar-refractivity contribution in [1.29, 1.82) is 0 Å². The number of aryl methyl sites for hydroxylation is 1. The zero-order valence-corrected chi connectivity index (χ0v) is 14.0. The van der Waals surface area contributed by atoms with Crippen LogP contribution in [0.2, 0.25) is 5.02 Å². The molecular formula is C14H11Br2ClFN. The monoisotopic (exact) mass is 405 g/mol. The molecule has 5 heteroatoms. The molecule has 0 aliphatic carbocycles. The molecule has 0 radical (unpaired) electrons. The van der Waals surface area contributed by atoms with E-state index in [1.54, 1.807) is 12.1 Å². The highest BCUT2D eigenvalue weighted by Gasteiger charge is 2.15. The second kappa shape index (κ2) is 5.92. The van der Waals surface area contributed by atoms with E-state index in [9.17, 15) is 4.39 Å². The molecule has 1 nitrogen and oxygen atoms in total. The van der Waals surface area contributed by atoms with Gasteiger partial charge in [0.25, 0.3) is 0 Å². The molecule has 1 unspecified atom stereocenters. The van der Waals surface area contributed by atoms with Gasteiger partial charge in [-0.1, -0.05) is 49.5 Å². The van der Waals surface area contributed by atoms with E-state index in [0.29, 0.717) is 0 Å². The molecule has 0 amide bonds. The molecule has 0 bridgehead atoms. The van der Waals surface area contributed by atoms with Gasteiger partial charge in [-0.3, -0.25) is 0 Å². The summed E-state index contributed by atoms with van der Waals surface area (Å²) in [7, 11) is 0. The largest absolute Gasteiger partial charge is 0.320 e. The molecule has 2 rings (SSSR count). The van der Waals surface area contributed by atoms with E-state index in [2.05, 4.69) is 31.9 Å². The third-order valence-electron chi connectivity index (χ3n) is 2.92. The summed E-state index contributed by atoms with van der Waals surface area (Å²) in [5.74, 6) is -0.443. The van der Waals surface area contributed by atoms with Crippen molar-refractivity contribution in [3.05, 3.63) is 66.8 Å². The summed E-state index contributed by atoms with van der Waals surface area (Å²) in [6, 6.07) is 8.11. The molecule has 2 aromatic carbocycles. The molecule has 19 heavy (non-hydrogen) atoms. The van der Waals surface area contributed by atoms with Crippen molar-refractivity contribution in [3.8, 4) is 0 Å². The standard InChI is InChI=1S/C14H11Br2ClFN/c1-7-4-11(16)9(6-10(7)15)14(19)8-2-3-13(18)12(17)5-8/h2-6,14H,19H2,1H3. The van der Waals surface area contributed by atoms with Crippen LogP contribution < -0.4 is 5.73 Å². The molecular weight excluding hydrogens is 396 g/mol. The molecule has 1 atom stereocenters. The first-order valence-corrected chi connectivity index (χ1v) is 7.52. The van der Waals surface area contributed by atoms with Gasteiger partial charge in [0.2, 0.25) is 0 Å². The van der Waals surface area contributed by atoms with E-state index >= 15 is 0 Å². The summed E-state index contributed by atoms with van der Waals surface area (Å²) in [4.78, 5) is 0. The second-order valence-corrected chi connectivity index (χ2v) is 6.39. The molecule has 2 N–H and O–H groups in total. The molecule has 0 spiro atoms. The van der Waals surface area contributed by atoms with Crippen LogP contribution in [0.4, 0.5) is 4.39 Å². The van der Waals surface area contributed by atoms with Crippen LogP contribution in [0, 0.1) is 12.7 Å². The summed E-state index contributed by atoms with van der Waals surface area (Å²) in [5.41, 5.74) is 9.02. The zero-order chi connectivity index (χ0) is 14.2. The zero-order valence-electron chi connectivity index (χ0n) is 10.1. The highest BCUT2D eigenvalue weighted by atomic mass is 79.9. The maximum absolute atomic E-state index is 13.2. The highest BCUT2D eigenvalue weighted by Crippen LogP contribution is 2.32. The van der Waals surface area contributed by atoms with Gasteiger partial charge in [0.05, 0.1) is 11.1 Å². The van der Waals surface area contributed by atoms with Crippen LogP contribution in [0.25, 0.3) is 0 Å². The lowest BCUT2D eigenvalue weighted by atomic mass is 9.99. The van der Waals surface area contributed by atoms with Gasteiger partial charge < -0.3 is 5.73 Å². The third-order valence-corrected chi connectivity index (χ3v) is 4.75. The summed E-state index contributed by atoms with van der Waals surface area (Å²) in [6.45, 7) is 2.00. The molecule has 0 aromatic heterocycles. The summed E-state index contributed by atoms with van der Waals surface area (Å²) in [6.07, 6.45) is 0. The second-order valence-electron chi connectivity index (χ2n) is 4.27. The van der Waals surface area contributed by atoms with E-state index in [4.69, 9.17) is 17.3 Å². The normalized spacial score (nSPS) is 12.5. The van der Waals surface area contributed by atoms with Gasteiger partial charge in [0, 0.05) is 8.95 Å². The summed E-state index contributed by atoms with van der Waals surface area (Å²) < 4.78 is 15.1. The Morgan fingerprint density at radius 1 is 1.16 bits per heavy atom. The molecule has 100 valence electrons. The Balaban J connectivity index is 2.46. The van der Waals surface area contributed by atoms with E-state index < -0.39 is 5.82 Å². The van der Waals surface area contributed by atoms with Crippen LogP contribution in [0.1, 0.15) is 22.7 Å². The molecule has 0 aliphatic rings. The Morgan fingerprint density at radius 3 is 2.47 bits per heavy atom. The average Bonchev–Trinajstić information content (AvgIpc) is 2.36. The van der Waals surface area contributed by atoms with Gasteiger partial charge in [-0.15, -0.1) is 0 Å². The van der Waals surface area contributed by atoms with Crippen molar-refractivity contribution in [3.63, 3.8) is 0 Å². The maximum atomic E-state index is 13.2. The van der Waals surface area contributed by atoms with E-state index in [0.717, 1.165) is 25.6 Å². The van der Waals surface area contributed by atoms with Gasteiger partial charge in [-0.05, 0) is 47.9 Å². The van der Waals surface area contributed by atoms with Gasteiger partial charge in [0.1, 0.15) is 5.82 Å². The number of rotatable bonds is 2. The minimum absolute atomic E-state index is 0.0789. The van der Waals surface area contributed by atoms with Crippen molar-refractivity contribution in [2.24, 2.45) is 5.73 Å². The first-order chi connectivity index (χ1) is 8.90. The average molecular weight is 408 g/mol. The molecule has 0 heterocycles. The SMILES string of the molecule is Cc1cc(Br)c(C(N)c2ccc(F)c(Cl)c2)cc1Br. The summed E-state index contributed by atoms with van der Waals surface area (Å²) in [5, 5.41) is 0.0789. The van der Waals surface area contributed by atoms with E-state index in [1.165, 1.54) is 6.07 Å². The van der Waals surface area contributed by atoms with Crippen molar-refractivity contribution in [2.45, 2.75) is 13.0 Å². The van der Waals surface area contributed by atoms with Crippen molar-refractivity contribution < 1.29 is 4.39 Å². The van der Waals surface area contributed by atoms with Crippen molar-refractivity contribution >= 4 is 43.5 Å². The lowest BCUT2D eigenvalue weighted by Crippen LogP contribution is -2.13. The fourth-order valence-electron chi connectivity index (χ4n) is 1.79. The van der Waals surface area contributed by atoms with Crippen LogP contribution in [-0.2, 0) is 0 Å². The molecule has 0 fully saturated rings. The third kappa shape index (κ3) is 3.19. The number of benzene rings is 2. The topological polar surface area (TPSA) is 26.0 Å². The van der Waals surface area contributed by atoms with Gasteiger partial charge in [-0.25, -0.2) is 4.39 Å². The fraction of sp³-hybridized carbons (Fsp3) is 0.143. The van der Waals surface area contributed by atoms with Crippen LogP contribution in [0.3, 0.4) is 0 Å². The molecule has 0 aliphatic heterocycles. The molecule has 0 saturated heterocycles. The predicted molar refractivity (Wildman–Crippen MR) is 84.0 cm³/mol. The predicted octanol–water partition coefficient (Wildman–Crippen LogP) is 5.36. The number of hydrogen-bond acceptors (Lipinski definition) is 1. The highest BCUT2D eigenvalue weighted by molar-refractivity contribution is 9.11. The lowest BCUT2D eigenvalue weighted by Gasteiger charge is -2.16. The quantitative estimate of drug-likeness (QED) is 0.713. The number of hydrogen-bond donors (Lipinski definition) is 1. The van der Waals surface area contributed by atoms with Gasteiger partial charge in [-0.2, -0.15) is 0 Å². The first-order valence-electron chi connectivity index (χ1n) is 5.56.